The summed E-state index contributed by atoms with van der Waals surface area (Å²) in [5.41, 5.74) is 2.41. The topological polar surface area (TPSA) is 53.6 Å². The molecule has 0 unspecified atom stereocenters. The molecule has 0 atom stereocenters. The van der Waals surface area contributed by atoms with Crippen LogP contribution in [0, 0.1) is 11.3 Å². The Balaban J connectivity index is 2.08. The molecule has 0 amide bonds. The minimum absolute atomic E-state index is 0.358. The predicted molar refractivity (Wildman–Crippen MR) is 78.8 cm³/mol. The van der Waals surface area contributed by atoms with Crippen molar-refractivity contribution in [3.8, 4) is 6.07 Å². The number of anilines is 1. The van der Waals surface area contributed by atoms with Crippen LogP contribution in [-0.2, 0) is 6.54 Å². The minimum atomic E-state index is 0.358. The third-order valence-corrected chi connectivity index (χ3v) is 3.25. The molecule has 0 spiro atoms. The number of nitrogens with zero attached hydrogens (tertiary/aromatic N) is 3. The highest BCUT2D eigenvalue weighted by Crippen LogP contribution is 2.20. The first-order chi connectivity index (χ1) is 9.10. The zero-order valence-electron chi connectivity index (χ0n) is 10.9. The number of rotatable bonds is 4. The molecule has 1 heterocycles. The van der Waals surface area contributed by atoms with Crippen molar-refractivity contribution in [2.24, 2.45) is 0 Å². The van der Waals surface area contributed by atoms with Gasteiger partial charge in [0.25, 0.3) is 0 Å². The summed E-state index contributed by atoms with van der Waals surface area (Å²) in [5.74, 6) is 0. The molecule has 1 aromatic carbocycles. The molecule has 0 bridgehead atoms. The van der Waals surface area contributed by atoms with Crippen molar-refractivity contribution in [2.45, 2.75) is 26.4 Å². The van der Waals surface area contributed by atoms with Gasteiger partial charge < -0.3 is 5.32 Å². The fourth-order valence-electron chi connectivity index (χ4n) is 1.71. The van der Waals surface area contributed by atoms with Crippen molar-refractivity contribution in [1.29, 1.82) is 5.26 Å². The van der Waals surface area contributed by atoms with Crippen LogP contribution in [-0.4, -0.2) is 9.78 Å². The van der Waals surface area contributed by atoms with Crippen LogP contribution in [0.25, 0.3) is 0 Å². The first-order valence-electron chi connectivity index (χ1n) is 6.07. The van der Waals surface area contributed by atoms with Gasteiger partial charge in [-0.25, -0.2) is 0 Å². The highest BCUT2D eigenvalue weighted by molar-refractivity contribution is 9.10. The molecule has 0 aliphatic rings. The Morgan fingerprint density at radius 1 is 1.42 bits per heavy atom. The maximum absolute atomic E-state index is 9.09. The van der Waals surface area contributed by atoms with Crippen molar-refractivity contribution in [1.82, 2.24) is 9.78 Å². The van der Waals surface area contributed by atoms with E-state index in [1.807, 2.05) is 29.1 Å². The third kappa shape index (κ3) is 3.36. The molecule has 98 valence electrons. The number of aromatic nitrogens is 2. The number of hydrogen-bond donors (Lipinski definition) is 1. The summed E-state index contributed by atoms with van der Waals surface area (Å²) in [6.45, 7) is 4.79. The second-order valence-corrected chi connectivity index (χ2v) is 5.45. The molecule has 4 nitrogen and oxygen atoms in total. The molecule has 1 N–H and O–H groups in total. The maximum atomic E-state index is 9.09. The quantitative estimate of drug-likeness (QED) is 0.934. The number of halogens is 1. The highest BCUT2D eigenvalue weighted by Gasteiger charge is 2.05. The van der Waals surface area contributed by atoms with Crippen molar-refractivity contribution in [3.63, 3.8) is 0 Å². The molecule has 0 radical (unpaired) electrons. The van der Waals surface area contributed by atoms with E-state index in [1.165, 1.54) is 0 Å². The molecule has 2 rings (SSSR count). The average molecular weight is 319 g/mol. The Morgan fingerprint density at radius 3 is 2.84 bits per heavy atom. The van der Waals surface area contributed by atoms with Gasteiger partial charge in [-0.1, -0.05) is 15.9 Å². The number of hydrogen-bond acceptors (Lipinski definition) is 3. The Hall–Kier alpha value is -1.80. The van der Waals surface area contributed by atoms with Gasteiger partial charge in [-0.2, -0.15) is 10.4 Å². The lowest BCUT2D eigenvalue weighted by Crippen LogP contribution is -2.05. The summed E-state index contributed by atoms with van der Waals surface area (Å²) in [4.78, 5) is 0. The molecule has 0 fully saturated rings. The SMILES string of the molecule is CC(C)n1ccc(CNc2ccc(Br)cc2C#N)n1. The smallest absolute Gasteiger partial charge is 0.101 e. The van der Waals surface area contributed by atoms with E-state index in [0.717, 1.165) is 15.9 Å². The second-order valence-electron chi connectivity index (χ2n) is 4.54. The van der Waals surface area contributed by atoms with E-state index < -0.39 is 0 Å². The van der Waals surface area contributed by atoms with Crippen LogP contribution in [0.2, 0.25) is 0 Å². The summed E-state index contributed by atoms with van der Waals surface area (Å²) in [6.07, 6.45) is 1.97. The van der Waals surface area contributed by atoms with Gasteiger partial charge in [0.15, 0.2) is 0 Å². The summed E-state index contributed by atoms with van der Waals surface area (Å²) >= 11 is 3.36. The summed E-state index contributed by atoms with van der Waals surface area (Å²) in [7, 11) is 0. The van der Waals surface area contributed by atoms with E-state index in [1.54, 1.807) is 6.07 Å². The van der Waals surface area contributed by atoms with Gasteiger partial charge in [0, 0.05) is 16.7 Å². The average Bonchev–Trinajstić information content (AvgIpc) is 2.86. The van der Waals surface area contributed by atoms with E-state index in [2.05, 4.69) is 46.3 Å². The maximum Gasteiger partial charge on any atom is 0.101 e. The summed E-state index contributed by atoms with van der Waals surface area (Å²) < 4.78 is 2.82. The Bertz CT molecular complexity index is 610. The van der Waals surface area contributed by atoms with Crippen LogP contribution in [0.3, 0.4) is 0 Å². The Labute approximate surface area is 121 Å². The minimum Gasteiger partial charge on any atom is -0.378 e. The normalized spacial score (nSPS) is 10.5. The second kappa shape index (κ2) is 5.89. The zero-order chi connectivity index (χ0) is 13.8. The van der Waals surface area contributed by atoms with Crippen molar-refractivity contribution in [2.75, 3.05) is 5.32 Å². The predicted octanol–water partition coefficient (Wildman–Crippen LogP) is 3.71. The van der Waals surface area contributed by atoms with E-state index in [-0.39, 0.29) is 0 Å². The Kier molecular flexibility index (Phi) is 4.23. The molecule has 5 heteroatoms. The van der Waals surface area contributed by atoms with Crippen LogP contribution < -0.4 is 5.32 Å². The molecule has 0 saturated heterocycles. The van der Waals surface area contributed by atoms with Crippen LogP contribution >= 0.6 is 15.9 Å². The molecule has 2 aromatic rings. The molecule has 0 aliphatic carbocycles. The first kappa shape index (κ1) is 13.6. The van der Waals surface area contributed by atoms with E-state index in [0.29, 0.717) is 18.2 Å². The highest BCUT2D eigenvalue weighted by atomic mass is 79.9. The molecule has 1 aromatic heterocycles. The van der Waals surface area contributed by atoms with Crippen molar-refractivity contribution < 1.29 is 0 Å². The molecular weight excluding hydrogens is 304 g/mol. The lowest BCUT2D eigenvalue weighted by atomic mass is 10.2. The van der Waals surface area contributed by atoms with Gasteiger partial charge in [0.05, 0.1) is 23.5 Å². The van der Waals surface area contributed by atoms with Crippen LogP contribution in [0.15, 0.2) is 34.9 Å². The number of benzene rings is 1. The fourth-order valence-corrected chi connectivity index (χ4v) is 2.07. The van der Waals surface area contributed by atoms with Crippen LogP contribution in [0.4, 0.5) is 5.69 Å². The fraction of sp³-hybridized carbons (Fsp3) is 0.286. The van der Waals surface area contributed by atoms with Gasteiger partial charge in [-0.3, -0.25) is 4.68 Å². The van der Waals surface area contributed by atoms with Gasteiger partial charge in [0.1, 0.15) is 6.07 Å². The van der Waals surface area contributed by atoms with Gasteiger partial charge in [-0.05, 0) is 38.1 Å². The van der Waals surface area contributed by atoms with Gasteiger partial charge >= 0.3 is 0 Å². The van der Waals surface area contributed by atoms with E-state index in [4.69, 9.17) is 5.26 Å². The van der Waals surface area contributed by atoms with Crippen molar-refractivity contribution in [3.05, 3.63) is 46.2 Å². The molecule has 19 heavy (non-hydrogen) atoms. The van der Waals surface area contributed by atoms with E-state index in [9.17, 15) is 0 Å². The lowest BCUT2D eigenvalue weighted by molar-refractivity contribution is 0.527. The van der Waals surface area contributed by atoms with Gasteiger partial charge in [0.2, 0.25) is 0 Å². The van der Waals surface area contributed by atoms with Gasteiger partial charge in [-0.15, -0.1) is 0 Å². The Morgan fingerprint density at radius 2 is 2.21 bits per heavy atom. The molecule has 0 saturated carbocycles. The first-order valence-corrected chi connectivity index (χ1v) is 6.87. The standard InChI is InChI=1S/C14H15BrN4/c1-10(2)19-6-5-13(18-19)9-17-14-4-3-12(15)7-11(14)8-16/h3-7,10,17H,9H2,1-2H3. The number of nitriles is 1. The lowest BCUT2D eigenvalue weighted by Gasteiger charge is -2.07. The molecular formula is C14H15BrN4. The van der Waals surface area contributed by atoms with E-state index >= 15 is 0 Å². The van der Waals surface area contributed by atoms with Crippen LogP contribution in [0.1, 0.15) is 31.1 Å². The molecule has 0 aliphatic heterocycles. The summed E-state index contributed by atoms with van der Waals surface area (Å²) in [6, 6.07) is 10.1. The van der Waals surface area contributed by atoms with Crippen molar-refractivity contribution >= 4 is 21.6 Å². The zero-order valence-corrected chi connectivity index (χ0v) is 12.5. The summed E-state index contributed by atoms with van der Waals surface area (Å²) in [5, 5.41) is 16.8. The monoisotopic (exact) mass is 318 g/mol. The number of nitrogens with one attached hydrogen (secondary N) is 1. The third-order valence-electron chi connectivity index (χ3n) is 2.75. The van der Waals surface area contributed by atoms with Crippen LogP contribution in [0.5, 0.6) is 0 Å². The largest absolute Gasteiger partial charge is 0.378 e.